The van der Waals surface area contributed by atoms with Crippen LogP contribution in [-0.2, 0) is 6.42 Å². The Kier molecular flexibility index (Phi) is 1.21. The lowest BCUT2D eigenvalue weighted by atomic mass is 10.2. The summed E-state index contributed by atoms with van der Waals surface area (Å²) in [5, 5.41) is 18.6. The van der Waals surface area contributed by atoms with Crippen LogP contribution in [0.4, 0.5) is 0 Å². The highest BCUT2D eigenvalue weighted by atomic mass is 16.4. The first-order valence-corrected chi connectivity index (χ1v) is 3.58. The van der Waals surface area contributed by atoms with Crippen LogP contribution in [0.15, 0.2) is 5.16 Å². The Morgan fingerprint density at radius 2 is 2.36 bits per heavy atom. The van der Waals surface area contributed by atoms with E-state index in [4.69, 9.17) is 5.21 Å². The summed E-state index contributed by atoms with van der Waals surface area (Å²) in [4.78, 5) is 0. The fraction of sp³-hybridized carbons (Fsp3) is 0.429. The maximum Gasteiger partial charge on any atom is 0.113 e. The van der Waals surface area contributed by atoms with Gasteiger partial charge in [0.2, 0.25) is 0 Å². The highest BCUT2D eigenvalue weighted by Gasteiger charge is 2.22. The van der Waals surface area contributed by atoms with Crippen LogP contribution in [0.1, 0.15) is 23.4 Å². The van der Waals surface area contributed by atoms with Gasteiger partial charge in [0, 0.05) is 11.3 Å². The van der Waals surface area contributed by atoms with Crippen molar-refractivity contribution in [3.05, 3.63) is 17.0 Å². The van der Waals surface area contributed by atoms with Gasteiger partial charge in [0.15, 0.2) is 0 Å². The average molecular weight is 151 g/mol. The Hall–Kier alpha value is -1.32. The summed E-state index contributed by atoms with van der Waals surface area (Å²) in [5.74, 6) is 0. The second-order valence-electron chi connectivity index (χ2n) is 2.72. The Morgan fingerprint density at radius 3 is 3.09 bits per heavy atom. The summed E-state index contributed by atoms with van der Waals surface area (Å²) in [6.07, 6.45) is 1.75. The first kappa shape index (κ1) is 6.39. The van der Waals surface area contributed by atoms with Gasteiger partial charge in [0.25, 0.3) is 0 Å². The summed E-state index contributed by atoms with van der Waals surface area (Å²) in [7, 11) is 0. The molecule has 0 unspecified atom stereocenters. The van der Waals surface area contributed by atoms with Crippen LogP contribution >= 0.6 is 0 Å². The van der Waals surface area contributed by atoms with Gasteiger partial charge in [-0.3, -0.25) is 5.10 Å². The quantitative estimate of drug-likeness (QED) is 0.426. The molecule has 1 aliphatic carbocycles. The number of fused-ring (bicyclic) bond motifs is 1. The van der Waals surface area contributed by atoms with Crippen molar-refractivity contribution in [3.63, 3.8) is 0 Å². The lowest BCUT2D eigenvalue weighted by Gasteiger charge is -1.86. The molecule has 2 N–H and O–H groups in total. The van der Waals surface area contributed by atoms with E-state index in [1.807, 2.05) is 6.92 Å². The van der Waals surface area contributed by atoms with Gasteiger partial charge in [-0.05, 0) is 19.8 Å². The zero-order chi connectivity index (χ0) is 7.84. The van der Waals surface area contributed by atoms with Gasteiger partial charge in [-0.25, -0.2) is 0 Å². The Labute approximate surface area is 63.9 Å². The van der Waals surface area contributed by atoms with Crippen LogP contribution in [0.3, 0.4) is 0 Å². The summed E-state index contributed by atoms with van der Waals surface area (Å²) in [6.45, 7) is 1.98. The minimum absolute atomic E-state index is 0.698. The van der Waals surface area contributed by atoms with E-state index in [-0.39, 0.29) is 0 Å². The van der Waals surface area contributed by atoms with Crippen molar-refractivity contribution in [1.82, 2.24) is 10.2 Å². The number of aryl methyl sites for hydroxylation is 1. The molecule has 11 heavy (non-hydrogen) atoms. The monoisotopic (exact) mass is 151 g/mol. The van der Waals surface area contributed by atoms with Gasteiger partial charge in [-0.15, -0.1) is 0 Å². The molecule has 0 radical (unpaired) electrons. The van der Waals surface area contributed by atoms with Crippen molar-refractivity contribution in [2.75, 3.05) is 0 Å². The maximum atomic E-state index is 8.56. The number of nitrogens with zero attached hydrogens (tertiary/aromatic N) is 2. The molecule has 0 spiro atoms. The molecule has 0 aromatic carbocycles. The SMILES string of the molecule is Cc1[nH]nc2c1CCC2=NO. The minimum Gasteiger partial charge on any atom is -0.411 e. The van der Waals surface area contributed by atoms with E-state index in [0.29, 0.717) is 5.71 Å². The number of nitrogens with one attached hydrogen (secondary N) is 1. The molecule has 0 amide bonds. The fourth-order valence-corrected chi connectivity index (χ4v) is 1.46. The maximum absolute atomic E-state index is 8.56. The second kappa shape index (κ2) is 2.08. The molecule has 1 aliphatic rings. The number of H-pyrrole nitrogens is 1. The minimum atomic E-state index is 0.698. The van der Waals surface area contributed by atoms with E-state index in [1.165, 1.54) is 5.56 Å². The molecule has 58 valence electrons. The number of aromatic amines is 1. The van der Waals surface area contributed by atoms with Gasteiger partial charge in [0.1, 0.15) is 11.4 Å². The number of aromatic nitrogens is 2. The summed E-state index contributed by atoms with van der Waals surface area (Å²) < 4.78 is 0. The van der Waals surface area contributed by atoms with Crippen molar-refractivity contribution >= 4 is 5.71 Å². The number of hydrogen-bond donors (Lipinski definition) is 2. The van der Waals surface area contributed by atoms with E-state index in [2.05, 4.69) is 15.4 Å². The second-order valence-corrected chi connectivity index (χ2v) is 2.72. The van der Waals surface area contributed by atoms with Gasteiger partial charge < -0.3 is 5.21 Å². The summed E-state index contributed by atoms with van der Waals surface area (Å²) in [5.41, 5.74) is 3.81. The van der Waals surface area contributed by atoms with Crippen LogP contribution in [0.25, 0.3) is 0 Å². The first-order chi connectivity index (χ1) is 5.33. The molecule has 1 aromatic rings. The molecular formula is C7H9N3O. The number of hydrogen-bond acceptors (Lipinski definition) is 3. The van der Waals surface area contributed by atoms with E-state index in [9.17, 15) is 0 Å². The first-order valence-electron chi connectivity index (χ1n) is 3.58. The lowest BCUT2D eigenvalue weighted by Crippen LogP contribution is -1.94. The molecule has 4 nitrogen and oxygen atoms in total. The molecule has 0 fully saturated rings. The number of oxime groups is 1. The smallest absolute Gasteiger partial charge is 0.113 e. The van der Waals surface area contributed by atoms with Crippen LogP contribution in [0.2, 0.25) is 0 Å². The van der Waals surface area contributed by atoms with Crippen molar-refractivity contribution < 1.29 is 5.21 Å². The largest absolute Gasteiger partial charge is 0.411 e. The Bertz CT molecular complexity index is 313. The average Bonchev–Trinajstić information content (AvgIpc) is 2.53. The van der Waals surface area contributed by atoms with Gasteiger partial charge >= 0.3 is 0 Å². The van der Waals surface area contributed by atoms with E-state index in [0.717, 1.165) is 24.2 Å². The van der Waals surface area contributed by atoms with Crippen LogP contribution < -0.4 is 0 Å². The third-order valence-corrected chi connectivity index (χ3v) is 2.08. The Balaban J connectivity index is 2.56. The van der Waals surface area contributed by atoms with Crippen LogP contribution in [0.5, 0.6) is 0 Å². The molecule has 0 bridgehead atoms. The van der Waals surface area contributed by atoms with Crippen molar-refractivity contribution in [3.8, 4) is 0 Å². The van der Waals surface area contributed by atoms with Crippen LogP contribution in [-0.4, -0.2) is 21.1 Å². The molecule has 2 rings (SSSR count). The third kappa shape index (κ3) is 0.753. The van der Waals surface area contributed by atoms with Gasteiger partial charge in [-0.1, -0.05) is 5.16 Å². The molecule has 0 atom stereocenters. The topological polar surface area (TPSA) is 61.3 Å². The molecule has 1 aromatic heterocycles. The van der Waals surface area contributed by atoms with Crippen LogP contribution in [0, 0.1) is 6.92 Å². The van der Waals surface area contributed by atoms with Crippen molar-refractivity contribution in [2.24, 2.45) is 5.16 Å². The summed E-state index contributed by atoms with van der Waals surface area (Å²) in [6, 6.07) is 0. The zero-order valence-electron chi connectivity index (χ0n) is 6.26. The highest BCUT2D eigenvalue weighted by Crippen LogP contribution is 2.22. The van der Waals surface area contributed by atoms with E-state index in [1.54, 1.807) is 0 Å². The molecular weight excluding hydrogens is 142 g/mol. The molecule has 0 saturated heterocycles. The van der Waals surface area contributed by atoms with Crippen molar-refractivity contribution in [2.45, 2.75) is 19.8 Å². The zero-order valence-corrected chi connectivity index (χ0v) is 6.26. The fourth-order valence-electron chi connectivity index (χ4n) is 1.46. The predicted molar refractivity (Wildman–Crippen MR) is 40.0 cm³/mol. The molecule has 0 saturated carbocycles. The molecule has 0 aliphatic heterocycles. The molecule has 4 heteroatoms. The third-order valence-electron chi connectivity index (χ3n) is 2.08. The predicted octanol–water partition coefficient (Wildman–Crippen LogP) is 0.843. The van der Waals surface area contributed by atoms with E-state index >= 15 is 0 Å². The molecule has 1 heterocycles. The van der Waals surface area contributed by atoms with Gasteiger partial charge in [0.05, 0.1) is 0 Å². The number of rotatable bonds is 0. The highest BCUT2D eigenvalue weighted by molar-refractivity contribution is 6.02. The normalized spacial score (nSPS) is 19.2. The van der Waals surface area contributed by atoms with E-state index < -0.39 is 0 Å². The lowest BCUT2D eigenvalue weighted by molar-refractivity contribution is 0.318. The standard InChI is InChI=1S/C7H9N3O/c1-4-5-2-3-6(10-11)7(5)9-8-4/h11H,2-3H2,1H3,(H,8,9). The summed E-state index contributed by atoms with van der Waals surface area (Å²) >= 11 is 0. The van der Waals surface area contributed by atoms with Gasteiger partial charge in [-0.2, -0.15) is 5.10 Å². The van der Waals surface area contributed by atoms with Crippen molar-refractivity contribution in [1.29, 1.82) is 0 Å². The Morgan fingerprint density at radius 1 is 1.55 bits per heavy atom.